The maximum absolute atomic E-state index is 12.4. The van der Waals surface area contributed by atoms with Crippen molar-refractivity contribution < 1.29 is 9.59 Å². The van der Waals surface area contributed by atoms with E-state index in [0.29, 0.717) is 18.7 Å². The van der Waals surface area contributed by atoms with Crippen LogP contribution in [0.1, 0.15) is 50.9 Å². The molecule has 1 aliphatic rings. The lowest BCUT2D eigenvalue weighted by atomic mass is 9.93. The number of nitrogens with zero attached hydrogens (tertiary/aromatic N) is 2. The minimum atomic E-state index is -0.344. The zero-order chi connectivity index (χ0) is 18.6. The topological polar surface area (TPSA) is 52.7 Å². The summed E-state index contributed by atoms with van der Waals surface area (Å²) < 4.78 is 0. The van der Waals surface area contributed by atoms with Crippen molar-refractivity contribution in [2.75, 3.05) is 31.6 Å². The summed E-state index contributed by atoms with van der Waals surface area (Å²) in [6.45, 7) is 10.3. The van der Waals surface area contributed by atoms with E-state index in [2.05, 4.69) is 17.1 Å². The van der Waals surface area contributed by atoms with Crippen LogP contribution in [0, 0.1) is 5.41 Å². The van der Waals surface area contributed by atoms with Crippen LogP contribution < -0.4 is 10.2 Å². The minimum Gasteiger partial charge on any atom is -0.375 e. The monoisotopic (exact) mass is 345 g/mol. The molecule has 0 aliphatic carbocycles. The van der Waals surface area contributed by atoms with E-state index in [1.54, 1.807) is 0 Å². The first kappa shape index (κ1) is 19.3. The molecule has 1 fully saturated rings. The van der Waals surface area contributed by atoms with E-state index in [0.717, 1.165) is 25.1 Å². The molecule has 0 bridgehead atoms. The molecule has 1 heterocycles. The van der Waals surface area contributed by atoms with E-state index in [1.165, 1.54) is 0 Å². The standard InChI is InChI=1S/C20H31N3O2/c1-6-22(5)17-9-7-15(8-10-17)18(24)21-16-11-13-23(14-12-16)19(25)20(2,3)4/h7-10,16H,6,11-14H2,1-5H3,(H,21,24). The first-order chi connectivity index (χ1) is 11.7. The number of nitrogens with one attached hydrogen (secondary N) is 1. The molecule has 5 nitrogen and oxygen atoms in total. The van der Waals surface area contributed by atoms with Crippen LogP contribution in [-0.4, -0.2) is 49.4 Å². The average Bonchev–Trinajstić information content (AvgIpc) is 2.60. The number of carbonyl (C=O) groups excluding carboxylic acids is 2. The summed E-state index contributed by atoms with van der Waals surface area (Å²) in [6.07, 6.45) is 1.62. The predicted octanol–water partition coefficient (Wildman–Crippen LogP) is 2.91. The van der Waals surface area contributed by atoms with E-state index in [4.69, 9.17) is 0 Å². The van der Waals surface area contributed by atoms with Gasteiger partial charge in [-0.3, -0.25) is 9.59 Å². The molecule has 0 atom stereocenters. The normalized spacial score (nSPS) is 15.8. The third kappa shape index (κ3) is 4.97. The van der Waals surface area contributed by atoms with Crippen LogP contribution in [-0.2, 0) is 4.79 Å². The molecule has 0 radical (unpaired) electrons. The summed E-state index contributed by atoms with van der Waals surface area (Å²) in [5.41, 5.74) is 1.44. The van der Waals surface area contributed by atoms with Crippen molar-refractivity contribution in [2.24, 2.45) is 5.41 Å². The van der Waals surface area contributed by atoms with E-state index in [-0.39, 0.29) is 23.3 Å². The molecular formula is C20H31N3O2. The van der Waals surface area contributed by atoms with Gasteiger partial charge in [-0.2, -0.15) is 0 Å². The van der Waals surface area contributed by atoms with Gasteiger partial charge in [-0.25, -0.2) is 0 Å². The minimum absolute atomic E-state index is 0.0358. The number of hydrogen-bond acceptors (Lipinski definition) is 3. The van der Waals surface area contributed by atoms with Gasteiger partial charge in [0.25, 0.3) is 5.91 Å². The molecule has 1 N–H and O–H groups in total. The lowest BCUT2D eigenvalue weighted by molar-refractivity contribution is -0.140. The van der Waals surface area contributed by atoms with Gasteiger partial charge in [0.1, 0.15) is 0 Å². The summed E-state index contributed by atoms with van der Waals surface area (Å²) in [4.78, 5) is 28.8. The van der Waals surface area contributed by atoms with Gasteiger partial charge in [0, 0.05) is 49.4 Å². The second-order valence-corrected chi connectivity index (χ2v) is 7.85. The van der Waals surface area contributed by atoms with E-state index in [9.17, 15) is 9.59 Å². The molecule has 0 unspecified atom stereocenters. The highest BCUT2D eigenvalue weighted by atomic mass is 16.2. The highest BCUT2D eigenvalue weighted by Crippen LogP contribution is 2.21. The average molecular weight is 345 g/mol. The largest absolute Gasteiger partial charge is 0.375 e. The Bertz CT molecular complexity index is 596. The van der Waals surface area contributed by atoms with Gasteiger partial charge in [0.2, 0.25) is 5.91 Å². The van der Waals surface area contributed by atoms with Crippen LogP contribution >= 0.6 is 0 Å². The fourth-order valence-corrected chi connectivity index (χ4v) is 3.02. The van der Waals surface area contributed by atoms with Crippen molar-refractivity contribution in [2.45, 2.75) is 46.6 Å². The summed E-state index contributed by atoms with van der Waals surface area (Å²) in [5.74, 6) is 0.152. The first-order valence-electron chi connectivity index (χ1n) is 9.14. The number of carbonyl (C=O) groups is 2. The van der Waals surface area contributed by atoms with Crippen molar-refractivity contribution in [3.8, 4) is 0 Å². The zero-order valence-corrected chi connectivity index (χ0v) is 16.1. The molecule has 25 heavy (non-hydrogen) atoms. The molecule has 2 rings (SSSR count). The predicted molar refractivity (Wildman–Crippen MR) is 102 cm³/mol. The zero-order valence-electron chi connectivity index (χ0n) is 16.1. The van der Waals surface area contributed by atoms with Crippen molar-refractivity contribution >= 4 is 17.5 Å². The Hall–Kier alpha value is -2.04. The van der Waals surface area contributed by atoms with Crippen LogP contribution in [0.2, 0.25) is 0 Å². The van der Waals surface area contributed by atoms with Crippen LogP contribution in [0.3, 0.4) is 0 Å². The molecule has 1 aromatic carbocycles. The van der Waals surface area contributed by atoms with Gasteiger partial charge in [-0.15, -0.1) is 0 Å². The second kappa shape index (κ2) is 7.89. The van der Waals surface area contributed by atoms with Crippen molar-refractivity contribution in [3.05, 3.63) is 29.8 Å². The molecule has 0 aromatic heterocycles. The second-order valence-electron chi connectivity index (χ2n) is 7.85. The number of anilines is 1. The van der Waals surface area contributed by atoms with Gasteiger partial charge in [0.05, 0.1) is 0 Å². The number of likely N-dealkylation sites (tertiary alicyclic amines) is 1. The number of piperidine rings is 1. The van der Waals surface area contributed by atoms with Crippen molar-refractivity contribution in [3.63, 3.8) is 0 Å². The molecule has 5 heteroatoms. The maximum atomic E-state index is 12.4. The SMILES string of the molecule is CCN(C)c1ccc(C(=O)NC2CCN(C(=O)C(C)(C)C)CC2)cc1. The summed E-state index contributed by atoms with van der Waals surface area (Å²) in [7, 11) is 2.03. The Morgan fingerprint density at radius 1 is 1.16 bits per heavy atom. The summed E-state index contributed by atoms with van der Waals surface area (Å²) in [5, 5.41) is 3.11. The fraction of sp³-hybridized carbons (Fsp3) is 0.600. The summed E-state index contributed by atoms with van der Waals surface area (Å²) in [6, 6.07) is 7.82. The Morgan fingerprint density at radius 2 is 1.72 bits per heavy atom. The number of benzene rings is 1. The summed E-state index contributed by atoms with van der Waals surface area (Å²) >= 11 is 0. The van der Waals surface area contributed by atoms with Crippen molar-refractivity contribution in [1.29, 1.82) is 0 Å². The molecule has 2 amide bonds. The van der Waals surface area contributed by atoms with Crippen LogP contribution in [0.25, 0.3) is 0 Å². The number of amides is 2. The molecule has 1 saturated heterocycles. The number of rotatable bonds is 4. The first-order valence-corrected chi connectivity index (χ1v) is 9.14. The van der Waals surface area contributed by atoms with Crippen LogP contribution in [0.4, 0.5) is 5.69 Å². The van der Waals surface area contributed by atoms with E-state index < -0.39 is 0 Å². The lowest BCUT2D eigenvalue weighted by Crippen LogP contribution is -2.49. The Morgan fingerprint density at radius 3 is 2.20 bits per heavy atom. The molecule has 1 aliphatic heterocycles. The lowest BCUT2D eigenvalue weighted by Gasteiger charge is -2.36. The molecule has 1 aromatic rings. The van der Waals surface area contributed by atoms with Crippen LogP contribution in [0.15, 0.2) is 24.3 Å². The number of hydrogen-bond donors (Lipinski definition) is 1. The van der Waals surface area contributed by atoms with E-state index >= 15 is 0 Å². The van der Waals surface area contributed by atoms with Gasteiger partial charge in [-0.1, -0.05) is 20.8 Å². The Kier molecular flexibility index (Phi) is 6.09. The maximum Gasteiger partial charge on any atom is 0.251 e. The molecular weight excluding hydrogens is 314 g/mol. The fourth-order valence-electron chi connectivity index (χ4n) is 3.02. The van der Waals surface area contributed by atoms with Gasteiger partial charge in [-0.05, 0) is 44.0 Å². The molecule has 138 valence electrons. The third-order valence-electron chi connectivity index (χ3n) is 4.80. The van der Waals surface area contributed by atoms with Crippen molar-refractivity contribution in [1.82, 2.24) is 10.2 Å². The Labute approximate surface area is 151 Å². The smallest absolute Gasteiger partial charge is 0.251 e. The highest BCUT2D eigenvalue weighted by Gasteiger charge is 2.30. The molecule has 0 spiro atoms. The van der Waals surface area contributed by atoms with Gasteiger partial charge < -0.3 is 15.1 Å². The van der Waals surface area contributed by atoms with E-state index in [1.807, 2.05) is 57.0 Å². The third-order valence-corrected chi connectivity index (χ3v) is 4.80. The van der Waals surface area contributed by atoms with Crippen LogP contribution in [0.5, 0.6) is 0 Å². The molecule has 0 saturated carbocycles. The highest BCUT2D eigenvalue weighted by molar-refractivity contribution is 5.94. The van der Waals surface area contributed by atoms with Gasteiger partial charge in [0.15, 0.2) is 0 Å². The quantitative estimate of drug-likeness (QED) is 0.913. The Balaban J connectivity index is 1.87. The van der Waals surface area contributed by atoms with Gasteiger partial charge >= 0.3 is 0 Å².